The highest BCUT2D eigenvalue weighted by Gasteiger charge is 2.35. The lowest BCUT2D eigenvalue weighted by Crippen LogP contribution is -2.30. The number of pyridine rings is 3. The van der Waals surface area contributed by atoms with Crippen LogP contribution in [0.4, 0.5) is 23.8 Å². The zero-order valence-corrected chi connectivity index (χ0v) is 15.9. The van der Waals surface area contributed by atoms with E-state index in [0.717, 1.165) is 10.6 Å². The molecule has 5 N–H and O–H groups in total. The lowest BCUT2D eigenvalue weighted by Gasteiger charge is -2.12. The number of rotatable bonds is 3. The van der Waals surface area contributed by atoms with E-state index in [1.807, 2.05) is 5.43 Å². The maximum atomic E-state index is 13.4. The highest BCUT2D eigenvalue weighted by atomic mass is 19.4. The number of halogens is 3. The fraction of sp³-hybridized carbons (Fsp3) is 0.167. The van der Waals surface area contributed by atoms with Crippen molar-refractivity contribution in [2.45, 2.75) is 13.1 Å². The van der Waals surface area contributed by atoms with Crippen LogP contribution in [-0.4, -0.2) is 38.1 Å². The third-order valence-electron chi connectivity index (χ3n) is 4.55. The number of carbonyl (C=O) groups is 2. The summed E-state index contributed by atoms with van der Waals surface area (Å²) in [4.78, 5) is 32.2. The highest BCUT2D eigenvalue weighted by molar-refractivity contribution is 6.17. The van der Waals surface area contributed by atoms with E-state index in [0.29, 0.717) is 22.7 Å². The van der Waals surface area contributed by atoms with E-state index in [9.17, 15) is 22.8 Å². The van der Waals surface area contributed by atoms with Gasteiger partial charge in [0.15, 0.2) is 5.69 Å². The molecule has 0 fully saturated rings. The number of carbonyl (C=O) groups excluding carboxylic acids is 2. The number of nitrogens with one attached hydrogen (secondary N) is 3. The molecule has 0 saturated heterocycles. The van der Waals surface area contributed by atoms with E-state index in [1.54, 1.807) is 6.92 Å². The van der Waals surface area contributed by atoms with Crippen molar-refractivity contribution < 1.29 is 22.8 Å². The molecule has 0 bridgehead atoms. The first-order valence-electron chi connectivity index (χ1n) is 8.96. The van der Waals surface area contributed by atoms with Crippen molar-refractivity contribution in [3.8, 4) is 0 Å². The van der Waals surface area contributed by atoms with E-state index >= 15 is 0 Å². The second-order valence-electron chi connectivity index (χ2n) is 6.48. The number of hydrogen-bond acceptors (Lipinski definition) is 6. The largest absolute Gasteiger partial charge is 0.435 e. The number of nitrogens with two attached hydrogens (primary N) is 1. The van der Waals surface area contributed by atoms with Gasteiger partial charge in [-0.15, -0.1) is 0 Å². The normalized spacial score (nSPS) is 11.8. The molecular formula is C18H15F3N8O2. The number of alkyl halides is 3. The average Bonchev–Trinajstić information content (AvgIpc) is 3.19. The second-order valence-corrected chi connectivity index (χ2v) is 6.48. The molecule has 3 amide bonds. The zero-order valence-electron chi connectivity index (χ0n) is 15.9. The Bertz CT molecular complexity index is 1350. The summed E-state index contributed by atoms with van der Waals surface area (Å²) in [5.41, 5.74) is 0.894. The minimum Gasteiger partial charge on any atom is -0.338 e. The van der Waals surface area contributed by atoms with Crippen molar-refractivity contribution in [1.82, 2.24) is 30.3 Å². The van der Waals surface area contributed by atoms with Gasteiger partial charge in [0, 0.05) is 41.3 Å². The smallest absolute Gasteiger partial charge is 0.338 e. The number of aromatic nitrogens is 4. The highest BCUT2D eigenvalue weighted by Crippen LogP contribution is 2.35. The standard InChI is InChI=1S/C18H15F3N8O2/c1-2-24-17(31)26-14-3-8-9(7-25-14)10-5-23-6-11(16(30)27-22)15(10)29-12(8)4-13(28-29)18(19,20)21/h3-7H,2,22H2,1H3,(H,27,30)(H2,24,25,26,31). The lowest BCUT2D eigenvalue weighted by molar-refractivity contribution is -0.141. The van der Waals surface area contributed by atoms with Crippen LogP contribution in [0.3, 0.4) is 0 Å². The molecule has 0 aliphatic heterocycles. The molecular weight excluding hydrogens is 417 g/mol. The fourth-order valence-electron chi connectivity index (χ4n) is 3.28. The van der Waals surface area contributed by atoms with Crippen LogP contribution in [0.2, 0.25) is 0 Å². The number of nitrogen functional groups attached to an aromatic ring is 1. The van der Waals surface area contributed by atoms with Crippen LogP contribution in [0.1, 0.15) is 23.0 Å². The maximum absolute atomic E-state index is 13.4. The second kappa shape index (κ2) is 7.36. The topological polar surface area (TPSA) is 139 Å². The summed E-state index contributed by atoms with van der Waals surface area (Å²) in [6, 6.07) is 1.78. The van der Waals surface area contributed by atoms with E-state index in [2.05, 4.69) is 25.7 Å². The number of anilines is 1. The lowest BCUT2D eigenvalue weighted by atomic mass is 10.1. The molecule has 31 heavy (non-hydrogen) atoms. The van der Waals surface area contributed by atoms with E-state index in [4.69, 9.17) is 5.84 Å². The maximum Gasteiger partial charge on any atom is 0.435 e. The molecule has 160 valence electrons. The van der Waals surface area contributed by atoms with Gasteiger partial charge in [-0.1, -0.05) is 0 Å². The third-order valence-corrected chi connectivity index (χ3v) is 4.55. The van der Waals surface area contributed by atoms with Gasteiger partial charge in [-0.2, -0.15) is 18.3 Å². The molecule has 0 spiro atoms. The van der Waals surface area contributed by atoms with Crippen LogP contribution in [0.5, 0.6) is 0 Å². The van der Waals surface area contributed by atoms with Gasteiger partial charge in [-0.05, 0) is 19.1 Å². The van der Waals surface area contributed by atoms with Gasteiger partial charge in [0.2, 0.25) is 0 Å². The number of hydrogen-bond donors (Lipinski definition) is 4. The monoisotopic (exact) mass is 432 g/mol. The molecule has 4 heterocycles. The van der Waals surface area contributed by atoms with Gasteiger partial charge in [0.1, 0.15) is 5.82 Å². The molecule has 0 unspecified atom stereocenters. The SMILES string of the molecule is CCNC(=O)Nc1cc2c(cn1)c1cncc(C(=O)NN)c1n1nc(C(F)(F)F)cc21. The molecule has 0 saturated carbocycles. The molecule has 0 aliphatic rings. The van der Waals surface area contributed by atoms with Crippen LogP contribution in [0.15, 0.2) is 30.7 Å². The van der Waals surface area contributed by atoms with E-state index in [-0.39, 0.29) is 22.4 Å². The van der Waals surface area contributed by atoms with Crippen LogP contribution < -0.4 is 21.9 Å². The van der Waals surface area contributed by atoms with Crippen molar-refractivity contribution in [3.63, 3.8) is 0 Å². The van der Waals surface area contributed by atoms with Crippen molar-refractivity contribution in [2.24, 2.45) is 5.84 Å². The molecule has 0 atom stereocenters. The average molecular weight is 432 g/mol. The molecule has 0 radical (unpaired) electrons. The third kappa shape index (κ3) is 3.44. The quantitative estimate of drug-likeness (QED) is 0.169. The number of urea groups is 1. The van der Waals surface area contributed by atoms with Gasteiger partial charge in [-0.25, -0.2) is 20.1 Å². The molecule has 13 heteroatoms. The Balaban J connectivity index is 2.10. The molecule has 4 aromatic rings. The first-order chi connectivity index (χ1) is 14.7. The fourth-order valence-corrected chi connectivity index (χ4v) is 3.28. The van der Waals surface area contributed by atoms with Gasteiger partial charge >= 0.3 is 12.2 Å². The van der Waals surface area contributed by atoms with E-state index in [1.165, 1.54) is 24.7 Å². The summed E-state index contributed by atoms with van der Waals surface area (Å²) in [5, 5.41) is 9.80. The summed E-state index contributed by atoms with van der Waals surface area (Å²) >= 11 is 0. The number of fused-ring (bicyclic) bond motifs is 6. The number of nitrogens with zero attached hydrogens (tertiary/aromatic N) is 4. The van der Waals surface area contributed by atoms with Crippen molar-refractivity contribution in [1.29, 1.82) is 0 Å². The van der Waals surface area contributed by atoms with Crippen LogP contribution in [-0.2, 0) is 6.18 Å². The van der Waals surface area contributed by atoms with Crippen molar-refractivity contribution >= 4 is 44.9 Å². The Labute approximate surface area is 171 Å². The van der Waals surface area contributed by atoms with Gasteiger partial charge in [0.05, 0.1) is 16.6 Å². The minimum atomic E-state index is -4.72. The number of amides is 3. The first-order valence-corrected chi connectivity index (χ1v) is 8.96. The van der Waals surface area contributed by atoms with Gasteiger partial charge < -0.3 is 5.32 Å². The summed E-state index contributed by atoms with van der Waals surface area (Å²) in [7, 11) is 0. The Morgan fingerprint density at radius 1 is 1.13 bits per heavy atom. The molecule has 10 nitrogen and oxygen atoms in total. The Hall–Kier alpha value is -4.00. The summed E-state index contributed by atoms with van der Waals surface area (Å²) < 4.78 is 41.3. The number of hydrazine groups is 1. The van der Waals surface area contributed by atoms with Crippen molar-refractivity contribution in [3.05, 3.63) is 42.0 Å². The Kier molecular flexibility index (Phi) is 4.81. The van der Waals surface area contributed by atoms with Crippen LogP contribution in [0.25, 0.3) is 27.2 Å². The van der Waals surface area contributed by atoms with Gasteiger partial charge in [-0.3, -0.25) is 20.5 Å². The summed E-state index contributed by atoms with van der Waals surface area (Å²) in [6.45, 7) is 2.11. The van der Waals surface area contributed by atoms with E-state index < -0.39 is 23.8 Å². The van der Waals surface area contributed by atoms with Crippen LogP contribution in [0, 0.1) is 0 Å². The summed E-state index contributed by atoms with van der Waals surface area (Å²) in [5.74, 6) is 4.60. The molecule has 4 rings (SSSR count). The predicted octanol–water partition coefficient (Wildman–Crippen LogP) is 2.19. The zero-order chi connectivity index (χ0) is 22.3. The predicted molar refractivity (Wildman–Crippen MR) is 105 cm³/mol. The molecule has 0 aliphatic carbocycles. The molecule has 4 aromatic heterocycles. The summed E-state index contributed by atoms with van der Waals surface area (Å²) in [6.07, 6.45) is -0.768. The van der Waals surface area contributed by atoms with Crippen molar-refractivity contribution in [2.75, 3.05) is 11.9 Å². The first kappa shape index (κ1) is 20.3. The molecule has 0 aromatic carbocycles. The Morgan fingerprint density at radius 2 is 1.90 bits per heavy atom. The van der Waals surface area contributed by atoms with Gasteiger partial charge in [0.25, 0.3) is 5.91 Å². The van der Waals surface area contributed by atoms with Crippen LogP contribution >= 0.6 is 0 Å². The minimum absolute atomic E-state index is 0.0618. The Morgan fingerprint density at radius 3 is 2.58 bits per heavy atom.